The Balaban J connectivity index is 1.63. The van der Waals surface area contributed by atoms with Gasteiger partial charge in [0, 0.05) is 43.4 Å². The van der Waals surface area contributed by atoms with Gasteiger partial charge in [-0.3, -0.25) is 0 Å². The van der Waals surface area contributed by atoms with Gasteiger partial charge >= 0.3 is 0 Å². The smallest absolute Gasteiger partial charge is 0.138 e. The van der Waals surface area contributed by atoms with Crippen molar-refractivity contribution in [3.05, 3.63) is 60.3 Å². The van der Waals surface area contributed by atoms with Crippen LogP contribution in [0.25, 0.3) is 21.3 Å². The summed E-state index contributed by atoms with van der Waals surface area (Å²) in [6.45, 7) is 0.779. The average Bonchev–Trinajstić information content (AvgIpc) is 3.23. The van der Waals surface area contributed by atoms with E-state index in [1.54, 1.807) is 17.7 Å². The molecular weight excluding hydrogens is 318 g/mol. The molecule has 0 saturated carbocycles. The Morgan fingerprint density at radius 1 is 1.12 bits per heavy atom. The molecule has 3 aromatic heterocycles. The van der Waals surface area contributed by atoms with Crippen molar-refractivity contribution in [2.24, 2.45) is 7.05 Å². The summed E-state index contributed by atoms with van der Waals surface area (Å²) in [6.07, 6.45) is 6.26. The molecule has 0 bridgehead atoms. The van der Waals surface area contributed by atoms with E-state index in [-0.39, 0.29) is 0 Å². The van der Waals surface area contributed by atoms with Gasteiger partial charge in [0.2, 0.25) is 0 Å². The molecule has 1 N–H and O–H groups in total. The molecule has 5 nitrogen and oxygen atoms in total. The van der Waals surface area contributed by atoms with Crippen LogP contribution in [0.2, 0.25) is 0 Å². The largest absolute Gasteiger partial charge is 0.369 e. The SMILES string of the molecule is Cn1ccnc1CCNc1ncnc2scc(-c3ccccc3)c12. The Labute approximate surface area is 144 Å². The Morgan fingerprint density at radius 2 is 2.00 bits per heavy atom. The molecule has 24 heavy (non-hydrogen) atoms. The first-order valence-electron chi connectivity index (χ1n) is 7.80. The summed E-state index contributed by atoms with van der Waals surface area (Å²) >= 11 is 1.65. The fraction of sp³-hybridized carbons (Fsp3) is 0.167. The van der Waals surface area contributed by atoms with Gasteiger partial charge in [-0.2, -0.15) is 0 Å². The third-order valence-corrected chi connectivity index (χ3v) is 4.90. The van der Waals surface area contributed by atoms with E-state index >= 15 is 0 Å². The van der Waals surface area contributed by atoms with Crippen LogP contribution in [0.15, 0.2) is 54.4 Å². The predicted octanol–water partition coefficient (Wildman–Crippen LogP) is 3.75. The number of hydrogen-bond acceptors (Lipinski definition) is 5. The quantitative estimate of drug-likeness (QED) is 0.603. The standard InChI is InChI=1S/C18H17N5S/c1-23-10-9-19-15(23)7-8-20-17-16-14(13-5-3-2-4-6-13)11-24-18(16)22-12-21-17/h2-6,9-12H,7-8H2,1H3,(H,20,21,22). The molecule has 0 spiro atoms. The molecule has 0 saturated heterocycles. The van der Waals surface area contributed by atoms with Gasteiger partial charge in [-0.15, -0.1) is 11.3 Å². The number of hydrogen-bond donors (Lipinski definition) is 1. The van der Waals surface area contributed by atoms with Crippen LogP contribution in [-0.4, -0.2) is 26.1 Å². The van der Waals surface area contributed by atoms with E-state index in [0.29, 0.717) is 0 Å². The zero-order valence-corrected chi connectivity index (χ0v) is 14.1. The molecule has 0 aliphatic carbocycles. The van der Waals surface area contributed by atoms with Gasteiger partial charge in [0.25, 0.3) is 0 Å². The van der Waals surface area contributed by atoms with Gasteiger partial charge < -0.3 is 9.88 Å². The van der Waals surface area contributed by atoms with Crippen LogP contribution in [-0.2, 0) is 13.5 Å². The Kier molecular flexibility index (Phi) is 3.96. The number of rotatable bonds is 5. The van der Waals surface area contributed by atoms with Crippen molar-refractivity contribution in [2.75, 3.05) is 11.9 Å². The van der Waals surface area contributed by atoms with E-state index in [0.717, 1.165) is 34.8 Å². The highest BCUT2D eigenvalue weighted by Crippen LogP contribution is 2.36. The minimum atomic E-state index is 0.779. The summed E-state index contributed by atoms with van der Waals surface area (Å²) in [6, 6.07) is 10.4. The van der Waals surface area contributed by atoms with E-state index < -0.39 is 0 Å². The third kappa shape index (κ3) is 2.76. The molecule has 6 heteroatoms. The third-order valence-electron chi connectivity index (χ3n) is 4.02. The molecule has 0 unspecified atom stereocenters. The number of anilines is 1. The highest BCUT2D eigenvalue weighted by atomic mass is 32.1. The number of aryl methyl sites for hydroxylation is 1. The fourth-order valence-electron chi connectivity index (χ4n) is 2.77. The molecule has 4 rings (SSSR count). The molecule has 0 amide bonds. The molecule has 0 radical (unpaired) electrons. The zero-order valence-electron chi connectivity index (χ0n) is 13.3. The first kappa shape index (κ1) is 14.8. The lowest BCUT2D eigenvalue weighted by Gasteiger charge is -2.08. The van der Waals surface area contributed by atoms with Gasteiger partial charge in [-0.25, -0.2) is 15.0 Å². The maximum atomic E-state index is 4.46. The number of aromatic nitrogens is 4. The van der Waals surface area contributed by atoms with Crippen LogP contribution in [0, 0.1) is 0 Å². The predicted molar refractivity (Wildman–Crippen MR) is 98.3 cm³/mol. The number of benzene rings is 1. The average molecular weight is 335 g/mol. The molecular formula is C18H17N5S. The van der Waals surface area contributed by atoms with Crippen molar-refractivity contribution in [3.8, 4) is 11.1 Å². The topological polar surface area (TPSA) is 55.6 Å². The Bertz CT molecular complexity index is 958. The fourth-order valence-corrected chi connectivity index (χ4v) is 3.69. The molecule has 4 aromatic rings. The highest BCUT2D eigenvalue weighted by molar-refractivity contribution is 7.17. The number of nitrogens with zero attached hydrogens (tertiary/aromatic N) is 4. The van der Waals surface area contributed by atoms with E-state index in [1.165, 1.54) is 11.1 Å². The molecule has 0 fully saturated rings. The maximum absolute atomic E-state index is 4.46. The first-order chi connectivity index (χ1) is 11.8. The molecule has 1 aromatic carbocycles. The summed E-state index contributed by atoms with van der Waals surface area (Å²) in [4.78, 5) is 14.2. The van der Waals surface area contributed by atoms with E-state index in [9.17, 15) is 0 Å². The van der Waals surface area contributed by atoms with Crippen LogP contribution in [0.3, 0.4) is 0 Å². The van der Waals surface area contributed by atoms with Gasteiger partial charge in [0.05, 0.1) is 5.39 Å². The lowest BCUT2D eigenvalue weighted by atomic mass is 10.1. The van der Waals surface area contributed by atoms with Crippen molar-refractivity contribution in [1.82, 2.24) is 19.5 Å². The molecule has 120 valence electrons. The van der Waals surface area contributed by atoms with Crippen molar-refractivity contribution in [1.29, 1.82) is 0 Å². The first-order valence-corrected chi connectivity index (χ1v) is 8.68. The molecule has 0 aliphatic rings. The van der Waals surface area contributed by atoms with Gasteiger partial charge in [0.1, 0.15) is 22.8 Å². The normalized spacial score (nSPS) is 11.0. The van der Waals surface area contributed by atoms with Crippen LogP contribution >= 0.6 is 11.3 Å². The van der Waals surface area contributed by atoms with Crippen LogP contribution < -0.4 is 5.32 Å². The zero-order chi connectivity index (χ0) is 16.4. The van der Waals surface area contributed by atoms with Crippen molar-refractivity contribution < 1.29 is 0 Å². The van der Waals surface area contributed by atoms with Crippen molar-refractivity contribution in [2.45, 2.75) is 6.42 Å². The van der Waals surface area contributed by atoms with Crippen molar-refractivity contribution in [3.63, 3.8) is 0 Å². The highest BCUT2D eigenvalue weighted by Gasteiger charge is 2.12. The number of nitrogens with one attached hydrogen (secondary N) is 1. The summed E-state index contributed by atoms with van der Waals surface area (Å²) in [5.41, 5.74) is 2.36. The number of fused-ring (bicyclic) bond motifs is 1. The van der Waals surface area contributed by atoms with E-state index in [4.69, 9.17) is 0 Å². The Morgan fingerprint density at radius 3 is 2.79 bits per heavy atom. The number of imidazole rings is 1. The Hall–Kier alpha value is -2.73. The second-order valence-electron chi connectivity index (χ2n) is 5.55. The maximum Gasteiger partial charge on any atom is 0.138 e. The second kappa shape index (κ2) is 6.41. The van der Waals surface area contributed by atoms with E-state index in [2.05, 4.69) is 49.9 Å². The lowest BCUT2D eigenvalue weighted by molar-refractivity contribution is 0.789. The summed E-state index contributed by atoms with van der Waals surface area (Å²) in [7, 11) is 2.01. The minimum absolute atomic E-state index is 0.779. The summed E-state index contributed by atoms with van der Waals surface area (Å²) in [5.74, 6) is 1.94. The van der Waals surface area contributed by atoms with Crippen LogP contribution in [0.5, 0.6) is 0 Å². The second-order valence-corrected chi connectivity index (χ2v) is 6.41. The lowest BCUT2D eigenvalue weighted by Crippen LogP contribution is -2.10. The molecule has 0 atom stereocenters. The minimum Gasteiger partial charge on any atom is -0.369 e. The molecule has 0 aliphatic heterocycles. The van der Waals surface area contributed by atoms with Gasteiger partial charge in [0.15, 0.2) is 0 Å². The number of thiophene rings is 1. The monoisotopic (exact) mass is 335 g/mol. The molecule has 3 heterocycles. The van der Waals surface area contributed by atoms with Gasteiger partial charge in [-0.1, -0.05) is 30.3 Å². The van der Waals surface area contributed by atoms with Crippen LogP contribution in [0.1, 0.15) is 5.82 Å². The van der Waals surface area contributed by atoms with Crippen LogP contribution in [0.4, 0.5) is 5.82 Å². The summed E-state index contributed by atoms with van der Waals surface area (Å²) < 4.78 is 2.04. The van der Waals surface area contributed by atoms with Gasteiger partial charge in [-0.05, 0) is 5.56 Å². The van der Waals surface area contributed by atoms with Crippen molar-refractivity contribution >= 4 is 27.4 Å². The summed E-state index contributed by atoms with van der Waals surface area (Å²) in [5, 5.41) is 6.69. The van der Waals surface area contributed by atoms with E-state index in [1.807, 2.05) is 30.1 Å².